The molecule has 0 aromatic heterocycles. The Bertz CT molecular complexity index is 1150. The minimum Gasteiger partial charge on any atom is -0.462 e. The van der Waals surface area contributed by atoms with Gasteiger partial charge in [0.05, 0.1) is 46.1 Å². The van der Waals surface area contributed by atoms with Crippen molar-refractivity contribution in [2.75, 3.05) is 47.5 Å². The van der Waals surface area contributed by atoms with Crippen molar-refractivity contribution in [2.24, 2.45) is 11.8 Å². The van der Waals surface area contributed by atoms with Crippen LogP contribution in [0.2, 0.25) is 0 Å². The second-order valence-electron chi connectivity index (χ2n) is 16.0. The molecule has 0 spiro atoms. The predicted octanol–water partition coefficient (Wildman–Crippen LogP) is 7.73. The number of hydrogen-bond donors (Lipinski definition) is 4. The average molecular weight is 803 g/mol. The highest BCUT2D eigenvalue weighted by Gasteiger charge is 2.39. The van der Waals surface area contributed by atoms with Gasteiger partial charge in [0.25, 0.3) is 0 Å². The van der Waals surface area contributed by atoms with Gasteiger partial charge in [0, 0.05) is 25.2 Å². The van der Waals surface area contributed by atoms with Crippen molar-refractivity contribution in [2.45, 2.75) is 160 Å². The van der Waals surface area contributed by atoms with E-state index in [0.29, 0.717) is 43.1 Å². The fourth-order valence-electron chi connectivity index (χ4n) is 6.28. The Hall–Kier alpha value is -1.89. The van der Waals surface area contributed by atoms with Gasteiger partial charge in [-0.2, -0.15) is 0 Å². The Labute approximate surface area is 332 Å². The van der Waals surface area contributed by atoms with Crippen molar-refractivity contribution in [3.8, 4) is 0 Å². The first-order valence-corrected chi connectivity index (χ1v) is 22.5. The van der Waals surface area contributed by atoms with Gasteiger partial charge in [-0.3, -0.25) is 18.6 Å². The molecule has 1 aliphatic rings. The minimum atomic E-state index is -4.44. The maximum absolute atomic E-state index is 12.8. The molecular weight excluding hydrogens is 725 g/mol. The molecule has 0 aromatic rings. The molecule has 1 rings (SSSR count). The van der Waals surface area contributed by atoms with Crippen LogP contribution >= 0.6 is 7.82 Å². The monoisotopic (exact) mass is 803 g/mol. The quantitative estimate of drug-likeness (QED) is 0.0169. The maximum Gasteiger partial charge on any atom is 0.472 e. The Morgan fingerprint density at radius 3 is 2.13 bits per heavy atom. The van der Waals surface area contributed by atoms with E-state index in [4.69, 9.17) is 18.5 Å². The number of ether oxygens (including phenoxy) is 2. The molecule has 1 unspecified atom stereocenters. The summed E-state index contributed by atoms with van der Waals surface area (Å²) in [5, 5.41) is 31.3. The molecule has 12 nitrogen and oxygen atoms in total. The van der Waals surface area contributed by atoms with E-state index in [1.54, 1.807) is 6.08 Å². The fourth-order valence-corrected chi connectivity index (χ4v) is 7.02. The summed E-state index contributed by atoms with van der Waals surface area (Å²) in [6.07, 6.45) is 24.4. The highest BCUT2D eigenvalue weighted by molar-refractivity contribution is 7.47. The number of likely N-dealkylation sites (N-methyl/N-ethyl adjacent to an activating group) is 1. The molecule has 0 heterocycles. The molecule has 0 saturated heterocycles. The molecule has 0 radical (unpaired) electrons. The highest BCUT2D eigenvalue weighted by Crippen LogP contribution is 2.43. The van der Waals surface area contributed by atoms with Crippen LogP contribution in [0.15, 0.2) is 36.5 Å². The van der Waals surface area contributed by atoms with E-state index in [1.165, 1.54) is 12.8 Å². The molecule has 4 N–H and O–H groups in total. The summed E-state index contributed by atoms with van der Waals surface area (Å²) >= 11 is 0. The molecule has 320 valence electrons. The first-order chi connectivity index (χ1) is 26.2. The number of aliphatic hydroxyl groups excluding tert-OH is 3. The van der Waals surface area contributed by atoms with Crippen molar-refractivity contribution in [1.82, 2.24) is 0 Å². The van der Waals surface area contributed by atoms with Crippen LogP contribution in [0.4, 0.5) is 0 Å². The molecule has 0 aromatic carbocycles. The smallest absolute Gasteiger partial charge is 0.462 e. The lowest BCUT2D eigenvalue weighted by atomic mass is 9.89. The summed E-state index contributed by atoms with van der Waals surface area (Å²) in [4.78, 5) is 35.4. The molecule has 13 heteroatoms. The summed E-state index contributed by atoms with van der Waals surface area (Å²) in [7, 11) is 1.32. The number of carbonyl (C=O) groups is 2. The van der Waals surface area contributed by atoms with E-state index in [-0.39, 0.29) is 44.3 Å². The third-order valence-corrected chi connectivity index (χ3v) is 10.7. The van der Waals surface area contributed by atoms with Crippen LogP contribution in [-0.2, 0) is 32.7 Å². The molecular formula is C42H77NO11P+. The van der Waals surface area contributed by atoms with E-state index < -0.39 is 50.8 Å². The number of hydrogen-bond acceptors (Lipinski definition) is 10. The molecule has 1 fully saturated rings. The minimum absolute atomic E-state index is 0.0141. The van der Waals surface area contributed by atoms with E-state index in [1.807, 2.05) is 39.4 Å². The Balaban J connectivity index is 2.57. The third kappa shape index (κ3) is 27.4. The van der Waals surface area contributed by atoms with E-state index in [9.17, 15) is 34.4 Å². The van der Waals surface area contributed by atoms with Crippen LogP contribution in [-0.4, -0.2) is 109 Å². The van der Waals surface area contributed by atoms with Gasteiger partial charge in [0.1, 0.15) is 19.8 Å². The maximum atomic E-state index is 12.8. The van der Waals surface area contributed by atoms with Crippen molar-refractivity contribution in [3.05, 3.63) is 36.5 Å². The largest absolute Gasteiger partial charge is 0.472 e. The van der Waals surface area contributed by atoms with Crippen LogP contribution in [0.1, 0.15) is 136 Å². The van der Waals surface area contributed by atoms with Gasteiger partial charge >= 0.3 is 19.8 Å². The zero-order valence-corrected chi connectivity index (χ0v) is 35.6. The van der Waals surface area contributed by atoms with Gasteiger partial charge in [-0.1, -0.05) is 102 Å². The van der Waals surface area contributed by atoms with Crippen LogP contribution in [0.5, 0.6) is 0 Å². The van der Waals surface area contributed by atoms with Crippen LogP contribution in [0.3, 0.4) is 0 Å². The number of rotatable bonds is 33. The zero-order valence-electron chi connectivity index (χ0n) is 34.7. The molecule has 0 aliphatic heterocycles. The zero-order chi connectivity index (χ0) is 41.0. The first-order valence-electron chi connectivity index (χ1n) is 21.0. The molecule has 1 saturated carbocycles. The number of esters is 2. The topological polar surface area (TPSA) is 169 Å². The molecule has 1 aliphatic carbocycles. The van der Waals surface area contributed by atoms with Crippen molar-refractivity contribution < 1.29 is 57.4 Å². The van der Waals surface area contributed by atoms with Crippen LogP contribution < -0.4 is 0 Å². The number of carbonyl (C=O) groups excluding carboxylic acids is 2. The second-order valence-corrected chi connectivity index (χ2v) is 17.4. The van der Waals surface area contributed by atoms with Crippen molar-refractivity contribution in [1.29, 1.82) is 0 Å². The first kappa shape index (κ1) is 51.1. The third-order valence-electron chi connectivity index (χ3n) is 9.71. The number of aliphatic hydroxyl groups is 3. The second kappa shape index (κ2) is 30.2. The van der Waals surface area contributed by atoms with Gasteiger partial charge in [0.15, 0.2) is 6.10 Å². The van der Waals surface area contributed by atoms with Gasteiger partial charge in [-0.25, -0.2) is 4.57 Å². The summed E-state index contributed by atoms with van der Waals surface area (Å²) < 4.78 is 34.1. The fraction of sp³-hybridized carbons (Fsp3) is 0.810. The number of phosphoric acid groups is 1. The number of nitrogens with zero attached hydrogens (tertiary/aromatic N) is 1. The number of phosphoric ester groups is 1. The summed E-state index contributed by atoms with van der Waals surface area (Å²) in [5.74, 6) is -1.42. The van der Waals surface area contributed by atoms with Gasteiger partial charge in [-0.15, -0.1) is 0 Å². The SMILES string of the molecule is CCCC/C=C\CCCCCCCC(=O)OC[C@H](COP(=O)(O)OCC[N+](C)(C)C)OC(=O)CCC/C=C/C[C@@H]1[C@@H](/C=C/[C@@H](O)CCCCC)[C@H](O)C[C@@H]1O. The van der Waals surface area contributed by atoms with Crippen molar-refractivity contribution in [3.63, 3.8) is 0 Å². The molecule has 55 heavy (non-hydrogen) atoms. The highest BCUT2D eigenvalue weighted by atomic mass is 31.2. The lowest BCUT2D eigenvalue weighted by molar-refractivity contribution is -0.870. The number of unbranched alkanes of at least 4 members (excludes halogenated alkanes) is 10. The van der Waals surface area contributed by atoms with E-state index in [0.717, 1.165) is 57.8 Å². The van der Waals surface area contributed by atoms with Crippen LogP contribution in [0, 0.1) is 11.8 Å². The lowest BCUT2D eigenvalue weighted by Gasteiger charge is -2.24. The Morgan fingerprint density at radius 2 is 1.42 bits per heavy atom. The Morgan fingerprint density at radius 1 is 0.782 bits per heavy atom. The average Bonchev–Trinajstić information content (AvgIpc) is 3.39. The molecule has 0 bridgehead atoms. The summed E-state index contributed by atoms with van der Waals surface area (Å²) in [6, 6.07) is 0. The number of quaternary nitrogens is 1. The van der Waals surface area contributed by atoms with Gasteiger partial charge in [0.2, 0.25) is 0 Å². The van der Waals surface area contributed by atoms with Crippen LogP contribution in [0.25, 0.3) is 0 Å². The molecule has 0 amide bonds. The van der Waals surface area contributed by atoms with E-state index >= 15 is 0 Å². The summed E-state index contributed by atoms with van der Waals surface area (Å²) in [6.45, 7) is 3.97. The summed E-state index contributed by atoms with van der Waals surface area (Å²) in [5.41, 5.74) is 0. The predicted molar refractivity (Wildman–Crippen MR) is 217 cm³/mol. The van der Waals surface area contributed by atoms with Gasteiger partial charge in [-0.05, 0) is 57.3 Å². The molecule has 7 atom stereocenters. The van der Waals surface area contributed by atoms with E-state index in [2.05, 4.69) is 26.0 Å². The Kier molecular flexibility index (Phi) is 28.1. The van der Waals surface area contributed by atoms with Crippen molar-refractivity contribution >= 4 is 19.8 Å². The number of allylic oxidation sites excluding steroid dienone is 4. The standard InChI is InChI=1S/C42H76NO11P/c1-6-8-10-11-12-13-14-15-16-17-22-26-41(47)51-33-36(34-53-55(49,50)52-31-30-43(3,4)5)54-42(48)27-23-19-18-21-25-37-38(40(46)32-39(37)45)29-28-35(44)24-20-9-7-2/h11-12,18,21,28-29,35-40,44-46H,6-10,13-17,19-20,22-27,30-34H2,1-5H3/p+1/b12-11-,21-18+,29-28+/t35-,36+,37+,38+,39-,40+/m0/s1. The lowest BCUT2D eigenvalue weighted by Crippen LogP contribution is -2.37. The van der Waals surface area contributed by atoms with Gasteiger partial charge < -0.3 is 34.2 Å². The normalized spacial score (nSPS) is 21.4.